The van der Waals surface area contributed by atoms with Crippen LogP contribution in [0.15, 0.2) is 0 Å². The van der Waals surface area contributed by atoms with E-state index in [1.165, 1.54) is 0 Å². The Labute approximate surface area is 62.8 Å². The summed E-state index contributed by atoms with van der Waals surface area (Å²) in [5, 5.41) is 26.0. The van der Waals surface area contributed by atoms with Gasteiger partial charge in [-0.1, -0.05) is 0 Å². The first-order chi connectivity index (χ1) is 4.04. The number of hydrogen-bond donors (Lipinski definition) is 3. The topological polar surface area (TPSA) is 60.7 Å². The average Bonchev–Trinajstić information content (AvgIpc) is 1.86. The maximum atomic E-state index is 8.68. The highest BCUT2D eigenvalue weighted by atomic mass is 35.5. The van der Waals surface area contributed by atoms with Gasteiger partial charge >= 0.3 is 0 Å². The summed E-state index contributed by atoms with van der Waals surface area (Å²) in [6.45, 7) is 0. The molecule has 0 aromatic heterocycles. The quantitative estimate of drug-likeness (QED) is 0.400. The molecule has 0 aliphatic rings. The molecule has 56 valence electrons. The van der Waals surface area contributed by atoms with E-state index in [9.17, 15) is 0 Å². The Kier molecular flexibility index (Phi) is 3.77. The standard InChI is InChI=1S/C4H8Cl2O3/c5-1-3(7)4(8,9)2-6/h3,7-9H,1-2H2. The van der Waals surface area contributed by atoms with Gasteiger partial charge < -0.3 is 15.3 Å². The molecule has 0 saturated carbocycles. The number of aliphatic hydroxyl groups excluding tert-OH is 1. The van der Waals surface area contributed by atoms with Gasteiger partial charge in [0.2, 0.25) is 5.79 Å². The van der Waals surface area contributed by atoms with E-state index in [-0.39, 0.29) is 5.88 Å². The highest BCUT2D eigenvalue weighted by Crippen LogP contribution is 2.09. The lowest BCUT2D eigenvalue weighted by atomic mass is 10.2. The van der Waals surface area contributed by atoms with Crippen LogP contribution in [-0.2, 0) is 0 Å². The lowest BCUT2D eigenvalue weighted by Gasteiger charge is -2.22. The molecular weight excluding hydrogens is 167 g/mol. The summed E-state index contributed by atoms with van der Waals surface area (Å²) in [5.74, 6) is -2.97. The summed E-state index contributed by atoms with van der Waals surface area (Å²) in [6.07, 6.45) is -1.39. The molecule has 0 aliphatic carbocycles. The van der Waals surface area contributed by atoms with Crippen molar-refractivity contribution in [3.8, 4) is 0 Å². The first-order valence-electron chi connectivity index (χ1n) is 2.29. The molecule has 3 nitrogen and oxygen atoms in total. The molecule has 0 aromatic rings. The SMILES string of the molecule is OC(CCl)C(O)(O)CCl. The van der Waals surface area contributed by atoms with Crippen molar-refractivity contribution in [2.75, 3.05) is 11.8 Å². The molecule has 0 aliphatic heterocycles. The van der Waals surface area contributed by atoms with Gasteiger partial charge in [0.15, 0.2) is 0 Å². The Balaban J connectivity index is 3.80. The third kappa shape index (κ3) is 2.69. The van der Waals surface area contributed by atoms with Crippen LogP contribution in [0.2, 0.25) is 0 Å². The third-order valence-corrected chi connectivity index (χ3v) is 1.56. The molecule has 0 bridgehead atoms. The summed E-state index contributed by atoms with van der Waals surface area (Å²) in [6, 6.07) is 0. The minimum atomic E-state index is -2.26. The van der Waals surface area contributed by atoms with Crippen molar-refractivity contribution in [2.45, 2.75) is 11.9 Å². The third-order valence-electron chi connectivity index (χ3n) is 0.877. The van der Waals surface area contributed by atoms with Crippen molar-refractivity contribution < 1.29 is 15.3 Å². The van der Waals surface area contributed by atoms with Crippen LogP contribution in [0.1, 0.15) is 0 Å². The monoisotopic (exact) mass is 174 g/mol. The summed E-state index contributed by atoms with van der Waals surface area (Å²) in [5.41, 5.74) is 0. The van der Waals surface area contributed by atoms with Crippen molar-refractivity contribution in [3.63, 3.8) is 0 Å². The molecule has 0 radical (unpaired) electrons. The molecule has 0 heterocycles. The fourth-order valence-electron chi connectivity index (χ4n) is 0.213. The van der Waals surface area contributed by atoms with E-state index in [1.807, 2.05) is 0 Å². The van der Waals surface area contributed by atoms with Gasteiger partial charge in [-0.3, -0.25) is 0 Å². The van der Waals surface area contributed by atoms with Crippen LogP contribution in [0.5, 0.6) is 0 Å². The minimum Gasteiger partial charge on any atom is -0.386 e. The molecule has 0 fully saturated rings. The molecule has 0 rings (SSSR count). The van der Waals surface area contributed by atoms with E-state index in [2.05, 4.69) is 0 Å². The molecule has 5 heteroatoms. The van der Waals surface area contributed by atoms with Gasteiger partial charge in [-0.2, -0.15) is 0 Å². The molecule has 3 N–H and O–H groups in total. The van der Waals surface area contributed by atoms with Crippen molar-refractivity contribution >= 4 is 23.2 Å². The zero-order valence-electron chi connectivity index (χ0n) is 4.59. The van der Waals surface area contributed by atoms with Crippen molar-refractivity contribution in [3.05, 3.63) is 0 Å². The van der Waals surface area contributed by atoms with Crippen LogP contribution in [-0.4, -0.2) is 39.0 Å². The van der Waals surface area contributed by atoms with Gasteiger partial charge in [0.1, 0.15) is 6.10 Å². The zero-order chi connectivity index (χ0) is 7.49. The fourth-order valence-corrected chi connectivity index (χ4v) is 0.638. The molecule has 0 saturated heterocycles. The van der Waals surface area contributed by atoms with Crippen molar-refractivity contribution in [2.24, 2.45) is 0 Å². The molecule has 0 aromatic carbocycles. The number of halogens is 2. The summed E-state index contributed by atoms with van der Waals surface area (Å²) in [4.78, 5) is 0. The maximum Gasteiger partial charge on any atom is 0.204 e. The average molecular weight is 175 g/mol. The van der Waals surface area contributed by atoms with Crippen LogP contribution in [0, 0.1) is 0 Å². The predicted octanol–water partition coefficient (Wildman–Crippen LogP) is -0.494. The molecule has 0 amide bonds. The Hall–Kier alpha value is 0.460. The van der Waals surface area contributed by atoms with E-state index in [0.29, 0.717) is 0 Å². The molecule has 0 spiro atoms. The van der Waals surface area contributed by atoms with Crippen LogP contribution in [0.4, 0.5) is 0 Å². The number of rotatable bonds is 3. The van der Waals surface area contributed by atoms with Crippen LogP contribution in [0.3, 0.4) is 0 Å². The lowest BCUT2D eigenvalue weighted by molar-refractivity contribution is -0.201. The van der Waals surface area contributed by atoms with E-state index >= 15 is 0 Å². The second kappa shape index (κ2) is 3.58. The first-order valence-corrected chi connectivity index (χ1v) is 3.36. The Morgan fingerprint density at radius 3 is 1.89 bits per heavy atom. The van der Waals surface area contributed by atoms with Gasteiger partial charge in [0.05, 0.1) is 11.8 Å². The van der Waals surface area contributed by atoms with E-state index in [1.54, 1.807) is 0 Å². The van der Waals surface area contributed by atoms with Gasteiger partial charge in [-0.05, 0) is 0 Å². The Morgan fingerprint density at radius 2 is 1.78 bits per heavy atom. The minimum absolute atomic E-state index is 0.250. The Bertz CT molecular complexity index is 85.9. The van der Waals surface area contributed by atoms with Gasteiger partial charge in [0.25, 0.3) is 0 Å². The summed E-state index contributed by atoms with van der Waals surface area (Å²) in [7, 11) is 0. The Morgan fingerprint density at radius 1 is 1.33 bits per heavy atom. The highest BCUT2D eigenvalue weighted by Gasteiger charge is 2.30. The van der Waals surface area contributed by atoms with Gasteiger partial charge in [0, 0.05) is 0 Å². The predicted molar refractivity (Wildman–Crippen MR) is 34.6 cm³/mol. The zero-order valence-corrected chi connectivity index (χ0v) is 6.10. The molecule has 9 heavy (non-hydrogen) atoms. The summed E-state index contributed by atoms with van der Waals surface area (Å²) >= 11 is 10.1. The second-order valence-electron chi connectivity index (χ2n) is 1.68. The van der Waals surface area contributed by atoms with E-state index in [0.717, 1.165) is 0 Å². The number of alkyl halides is 2. The highest BCUT2D eigenvalue weighted by molar-refractivity contribution is 6.19. The number of aliphatic hydroxyl groups is 3. The van der Waals surface area contributed by atoms with Crippen LogP contribution in [0.25, 0.3) is 0 Å². The van der Waals surface area contributed by atoms with Crippen molar-refractivity contribution in [1.29, 1.82) is 0 Å². The van der Waals surface area contributed by atoms with Gasteiger partial charge in [-0.15, -0.1) is 23.2 Å². The normalized spacial score (nSPS) is 15.7. The van der Waals surface area contributed by atoms with E-state index < -0.39 is 17.8 Å². The van der Waals surface area contributed by atoms with Crippen LogP contribution < -0.4 is 0 Å². The second-order valence-corrected chi connectivity index (χ2v) is 2.26. The maximum absolute atomic E-state index is 8.68. The first kappa shape index (κ1) is 9.46. The van der Waals surface area contributed by atoms with Gasteiger partial charge in [-0.25, -0.2) is 0 Å². The fraction of sp³-hybridized carbons (Fsp3) is 1.00. The molecule has 1 atom stereocenters. The smallest absolute Gasteiger partial charge is 0.204 e. The number of hydrogen-bond acceptors (Lipinski definition) is 3. The lowest BCUT2D eigenvalue weighted by Crippen LogP contribution is -2.45. The molecular formula is C4H8Cl2O3. The largest absolute Gasteiger partial charge is 0.386 e. The van der Waals surface area contributed by atoms with E-state index in [4.69, 9.17) is 38.5 Å². The van der Waals surface area contributed by atoms with Crippen LogP contribution >= 0.6 is 23.2 Å². The molecule has 1 unspecified atom stereocenters. The van der Waals surface area contributed by atoms with Crippen molar-refractivity contribution in [1.82, 2.24) is 0 Å². The summed E-state index contributed by atoms with van der Waals surface area (Å²) < 4.78 is 0.